The molecule has 0 N–H and O–H groups in total. The van der Waals surface area contributed by atoms with E-state index in [1.165, 1.54) is 0 Å². The number of hydrogen-bond donors (Lipinski definition) is 0. The summed E-state index contributed by atoms with van der Waals surface area (Å²) in [5.41, 5.74) is 2.93. The average Bonchev–Trinajstić information content (AvgIpc) is 3.00. The lowest BCUT2D eigenvalue weighted by Crippen LogP contribution is -2.11. The molecule has 0 bridgehead atoms. The first-order valence-corrected chi connectivity index (χ1v) is 9.88. The van der Waals surface area contributed by atoms with Gasteiger partial charge < -0.3 is 9.47 Å². The fourth-order valence-corrected chi connectivity index (χ4v) is 3.44. The van der Waals surface area contributed by atoms with Gasteiger partial charge in [0.1, 0.15) is 11.5 Å². The van der Waals surface area contributed by atoms with Gasteiger partial charge in [-0.05, 0) is 47.9 Å². The monoisotopic (exact) mass is 448 g/mol. The Balaban J connectivity index is 1.54. The van der Waals surface area contributed by atoms with Gasteiger partial charge in [-0.15, -0.1) is 0 Å². The first kappa shape index (κ1) is 19.2. The Morgan fingerprint density at radius 1 is 1.07 bits per heavy atom. The molecule has 4 nitrogen and oxygen atoms in total. The van der Waals surface area contributed by atoms with Crippen LogP contribution in [0.5, 0.6) is 11.5 Å². The summed E-state index contributed by atoms with van der Waals surface area (Å²) in [4.78, 5) is 25.0. The van der Waals surface area contributed by atoms with E-state index in [4.69, 9.17) is 9.47 Å². The maximum Gasteiger partial charge on any atom is 0.315 e. The van der Waals surface area contributed by atoms with Gasteiger partial charge in [0, 0.05) is 10.5 Å². The number of halogens is 1. The van der Waals surface area contributed by atoms with Gasteiger partial charge in [-0.25, -0.2) is 0 Å². The van der Waals surface area contributed by atoms with Crippen LogP contribution in [0.3, 0.4) is 0 Å². The van der Waals surface area contributed by atoms with Crippen molar-refractivity contribution >= 4 is 33.8 Å². The predicted molar refractivity (Wildman–Crippen MR) is 114 cm³/mol. The van der Waals surface area contributed by atoms with Gasteiger partial charge in [0.05, 0.1) is 12.0 Å². The lowest BCUT2D eigenvalue weighted by molar-refractivity contribution is -0.133. The highest BCUT2D eigenvalue weighted by molar-refractivity contribution is 9.10. The number of carbonyl (C=O) groups is 2. The van der Waals surface area contributed by atoms with Gasteiger partial charge >= 0.3 is 5.97 Å². The van der Waals surface area contributed by atoms with Gasteiger partial charge in [-0.2, -0.15) is 0 Å². The Labute approximate surface area is 176 Å². The summed E-state index contributed by atoms with van der Waals surface area (Å²) >= 11 is 3.39. The largest absolute Gasteiger partial charge is 0.452 e. The second-order valence-corrected chi connectivity index (χ2v) is 7.66. The summed E-state index contributed by atoms with van der Waals surface area (Å²) in [6, 6.07) is 20.2. The number of carbonyl (C=O) groups excluding carboxylic acids is 2. The molecule has 0 unspecified atom stereocenters. The zero-order chi connectivity index (χ0) is 20.4. The van der Waals surface area contributed by atoms with Crippen LogP contribution in [-0.2, 0) is 11.2 Å². The fourth-order valence-electron chi connectivity index (χ4n) is 3.18. The molecule has 0 amide bonds. The van der Waals surface area contributed by atoms with Crippen molar-refractivity contribution in [2.24, 2.45) is 0 Å². The number of aryl methyl sites for hydroxylation is 1. The molecule has 0 atom stereocenters. The number of esters is 1. The lowest BCUT2D eigenvalue weighted by atomic mass is 10.0. The molecule has 0 spiro atoms. The number of benzene rings is 3. The number of rotatable bonds is 4. The molecule has 0 saturated heterocycles. The molecule has 1 heterocycles. The van der Waals surface area contributed by atoms with Gasteiger partial charge in [-0.1, -0.05) is 58.4 Å². The molecule has 0 aliphatic carbocycles. The molecular weight excluding hydrogens is 432 g/mol. The molecule has 5 heteroatoms. The number of allylic oxidation sites excluding steroid dienone is 1. The minimum atomic E-state index is -0.370. The molecule has 29 heavy (non-hydrogen) atoms. The van der Waals surface area contributed by atoms with Crippen molar-refractivity contribution < 1.29 is 19.1 Å². The van der Waals surface area contributed by atoms with Gasteiger partial charge in [-0.3, -0.25) is 9.59 Å². The maximum absolute atomic E-state index is 12.8. The van der Waals surface area contributed by atoms with E-state index in [1.807, 2.05) is 54.6 Å². The normalized spacial score (nSPS) is 13.9. The van der Waals surface area contributed by atoms with Crippen molar-refractivity contribution in [1.29, 1.82) is 0 Å². The molecule has 0 saturated carbocycles. The highest BCUT2D eigenvalue weighted by atomic mass is 79.9. The van der Waals surface area contributed by atoms with E-state index in [-0.39, 0.29) is 23.9 Å². The van der Waals surface area contributed by atoms with Crippen LogP contribution < -0.4 is 9.47 Å². The van der Waals surface area contributed by atoms with Crippen molar-refractivity contribution in [2.45, 2.75) is 13.3 Å². The average molecular weight is 449 g/mol. The maximum atomic E-state index is 12.8. The highest BCUT2D eigenvalue weighted by Gasteiger charge is 2.30. The van der Waals surface area contributed by atoms with Gasteiger partial charge in [0.2, 0.25) is 5.78 Å². The fraction of sp³-hybridized carbons (Fsp3) is 0.0833. The van der Waals surface area contributed by atoms with Crippen LogP contribution in [-0.4, -0.2) is 11.8 Å². The molecule has 1 aliphatic rings. The van der Waals surface area contributed by atoms with Crippen molar-refractivity contribution in [3.63, 3.8) is 0 Å². The summed E-state index contributed by atoms with van der Waals surface area (Å²) in [7, 11) is 0. The summed E-state index contributed by atoms with van der Waals surface area (Å²) in [6.45, 7) is 1.80. The van der Waals surface area contributed by atoms with Crippen LogP contribution in [0.1, 0.15) is 27.0 Å². The van der Waals surface area contributed by atoms with Crippen LogP contribution in [0.4, 0.5) is 0 Å². The van der Waals surface area contributed by atoms with Gasteiger partial charge in [0.25, 0.3) is 0 Å². The van der Waals surface area contributed by atoms with E-state index >= 15 is 0 Å². The summed E-state index contributed by atoms with van der Waals surface area (Å²) in [5.74, 6) is 0.465. The number of Topliss-reactive ketones (excluding diaryl/α,β-unsaturated/α-hetero) is 1. The zero-order valence-electron chi connectivity index (χ0n) is 15.6. The number of ether oxygens (including phenoxy) is 2. The van der Waals surface area contributed by atoms with Gasteiger partial charge in [0.15, 0.2) is 5.76 Å². The highest BCUT2D eigenvalue weighted by Crippen LogP contribution is 2.37. The van der Waals surface area contributed by atoms with Crippen LogP contribution in [0.15, 0.2) is 77.0 Å². The Kier molecular flexibility index (Phi) is 5.32. The van der Waals surface area contributed by atoms with E-state index in [0.717, 1.165) is 15.6 Å². The van der Waals surface area contributed by atoms with Crippen molar-refractivity contribution in [2.75, 3.05) is 0 Å². The minimum Gasteiger partial charge on any atom is -0.452 e. The number of ketones is 1. The number of fused-ring (bicyclic) bond motifs is 1. The first-order chi connectivity index (χ1) is 14.0. The summed E-state index contributed by atoms with van der Waals surface area (Å²) in [5, 5.41) is 0. The van der Waals surface area contributed by atoms with Crippen molar-refractivity contribution in [3.05, 3.63) is 99.2 Å². The molecule has 3 aromatic carbocycles. The summed E-state index contributed by atoms with van der Waals surface area (Å²) < 4.78 is 12.2. The smallest absolute Gasteiger partial charge is 0.315 e. The Hall–Kier alpha value is -3.18. The molecule has 0 fully saturated rings. The zero-order valence-corrected chi connectivity index (χ0v) is 17.2. The molecule has 0 aromatic heterocycles. The molecular formula is C24H17BrO4. The second-order valence-electron chi connectivity index (χ2n) is 6.74. The molecule has 0 radical (unpaired) electrons. The van der Waals surface area contributed by atoms with Crippen LogP contribution >= 0.6 is 15.9 Å². The second kappa shape index (κ2) is 8.05. The third kappa shape index (κ3) is 4.30. The summed E-state index contributed by atoms with van der Waals surface area (Å²) in [6.07, 6.45) is 1.88. The van der Waals surface area contributed by atoms with E-state index in [2.05, 4.69) is 15.9 Å². The standard InChI is InChI=1S/C24H17BrO4/c1-15-11-19(28-22(26)13-16-5-3-2-4-6-16)14-20-23(15)24(27)21(29-20)12-17-7-9-18(25)10-8-17/h2-12,14H,13H2,1H3/b21-12-. The third-order valence-electron chi connectivity index (χ3n) is 4.53. The first-order valence-electron chi connectivity index (χ1n) is 9.08. The van der Waals surface area contributed by atoms with E-state index in [9.17, 15) is 9.59 Å². The van der Waals surface area contributed by atoms with E-state index < -0.39 is 0 Å². The Bertz CT molecular complexity index is 1120. The molecule has 1 aliphatic heterocycles. The van der Waals surface area contributed by atoms with Crippen LogP contribution in [0.2, 0.25) is 0 Å². The quantitative estimate of drug-likeness (QED) is 0.299. The predicted octanol–water partition coefficient (Wildman–Crippen LogP) is 5.52. The molecule has 3 aromatic rings. The van der Waals surface area contributed by atoms with Crippen molar-refractivity contribution in [3.8, 4) is 11.5 Å². The Morgan fingerprint density at radius 2 is 1.79 bits per heavy atom. The van der Waals surface area contributed by atoms with Crippen LogP contribution in [0.25, 0.3) is 6.08 Å². The van der Waals surface area contributed by atoms with Crippen molar-refractivity contribution in [1.82, 2.24) is 0 Å². The molecule has 144 valence electrons. The molecule has 4 rings (SSSR count). The topological polar surface area (TPSA) is 52.6 Å². The SMILES string of the molecule is Cc1cc(OC(=O)Cc2ccccc2)cc2c1C(=O)/C(=C/c1ccc(Br)cc1)O2. The van der Waals surface area contributed by atoms with E-state index in [0.29, 0.717) is 22.6 Å². The van der Waals surface area contributed by atoms with E-state index in [1.54, 1.807) is 25.1 Å². The van der Waals surface area contributed by atoms with Crippen LogP contribution in [0, 0.1) is 6.92 Å². The minimum absolute atomic E-state index is 0.172. The number of hydrogen-bond acceptors (Lipinski definition) is 4. The third-order valence-corrected chi connectivity index (χ3v) is 5.06. The Morgan fingerprint density at radius 3 is 2.52 bits per heavy atom. The lowest BCUT2D eigenvalue weighted by Gasteiger charge is -2.08.